The van der Waals surface area contributed by atoms with Crippen LogP contribution in [0.3, 0.4) is 0 Å². The molecule has 0 N–H and O–H groups in total. The van der Waals surface area contributed by atoms with Gasteiger partial charge in [0.25, 0.3) is 5.91 Å². The number of aromatic nitrogens is 3. The standard InChI is InChI=1S/C35H33F6N5O3/c1-33(2,3)49-32(48)46-18-23(28-7-4-5-8-29(28)46)15-27-19-44-17-21(30-42-11-6-12-43-30)9-10-26(44)20-45(27)31(47)22-13-24(34(36,37)38)16-25(14-22)35(39,40)41/h4-8,11-14,16-18,26-27H,9-10,15,19-20H2,1-3H3/t26-,27-/m1/s1. The summed E-state index contributed by atoms with van der Waals surface area (Å²) in [6.45, 7) is 5.46. The van der Waals surface area contributed by atoms with Crippen LogP contribution < -0.4 is 0 Å². The third-order valence-corrected chi connectivity index (χ3v) is 8.60. The van der Waals surface area contributed by atoms with E-state index in [0.717, 1.165) is 5.57 Å². The minimum Gasteiger partial charge on any atom is -0.443 e. The van der Waals surface area contributed by atoms with Crippen LogP contribution in [-0.2, 0) is 23.5 Å². The van der Waals surface area contributed by atoms with Crippen molar-refractivity contribution in [2.45, 2.75) is 70.1 Å². The molecule has 0 unspecified atom stereocenters. The summed E-state index contributed by atoms with van der Waals surface area (Å²) in [4.78, 5) is 39.4. The summed E-state index contributed by atoms with van der Waals surface area (Å²) in [7, 11) is 0. The summed E-state index contributed by atoms with van der Waals surface area (Å²) in [5, 5.41) is 0.689. The second-order valence-corrected chi connectivity index (χ2v) is 13.2. The van der Waals surface area contributed by atoms with Crippen LogP contribution in [0, 0.1) is 0 Å². The molecule has 4 heterocycles. The van der Waals surface area contributed by atoms with Gasteiger partial charge < -0.3 is 14.5 Å². The molecule has 0 radical (unpaired) electrons. The van der Waals surface area contributed by atoms with E-state index in [9.17, 15) is 35.9 Å². The number of benzene rings is 2. The molecule has 8 nitrogen and oxygen atoms in total. The third kappa shape index (κ3) is 7.27. The maximum Gasteiger partial charge on any atom is 0.419 e. The Morgan fingerprint density at radius 1 is 0.898 bits per heavy atom. The summed E-state index contributed by atoms with van der Waals surface area (Å²) in [5.74, 6) is -0.404. The molecule has 0 spiro atoms. The van der Waals surface area contributed by atoms with Crippen molar-refractivity contribution in [1.29, 1.82) is 0 Å². The molecule has 2 aliphatic heterocycles. The molecule has 2 atom stereocenters. The zero-order valence-corrected chi connectivity index (χ0v) is 26.8. The van der Waals surface area contributed by atoms with Gasteiger partial charge in [0.2, 0.25) is 0 Å². The number of allylic oxidation sites excluding steroid dienone is 1. The molecule has 49 heavy (non-hydrogen) atoms. The lowest BCUT2D eigenvalue weighted by atomic mass is 9.92. The summed E-state index contributed by atoms with van der Waals surface area (Å²) in [6.07, 6.45) is -2.83. The van der Waals surface area contributed by atoms with E-state index >= 15 is 0 Å². The van der Waals surface area contributed by atoms with Gasteiger partial charge in [0.1, 0.15) is 5.60 Å². The van der Waals surface area contributed by atoms with Crippen LogP contribution in [0.1, 0.15) is 66.5 Å². The van der Waals surface area contributed by atoms with E-state index in [0.29, 0.717) is 47.3 Å². The normalized spacial score (nSPS) is 18.7. The molecular weight excluding hydrogens is 652 g/mol. The second kappa shape index (κ2) is 12.5. The number of hydrogen-bond donors (Lipinski definition) is 0. The molecule has 1 fully saturated rings. The monoisotopic (exact) mass is 685 g/mol. The van der Waals surface area contributed by atoms with Crippen molar-refractivity contribution in [1.82, 2.24) is 24.3 Å². The van der Waals surface area contributed by atoms with Gasteiger partial charge in [-0.3, -0.25) is 9.36 Å². The number of fused-ring (bicyclic) bond motifs is 2. The van der Waals surface area contributed by atoms with Gasteiger partial charge in [-0.1, -0.05) is 18.2 Å². The zero-order valence-electron chi connectivity index (χ0n) is 26.8. The summed E-state index contributed by atoms with van der Waals surface area (Å²) >= 11 is 0. The van der Waals surface area contributed by atoms with E-state index in [2.05, 4.69) is 9.97 Å². The Kier molecular flexibility index (Phi) is 8.70. The Hall–Kier alpha value is -4.88. The van der Waals surface area contributed by atoms with Crippen molar-refractivity contribution in [3.8, 4) is 0 Å². The number of para-hydroxylation sites is 1. The molecule has 2 aromatic carbocycles. The van der Waals surface area contributed by atoms with Crippen LogP contribution in [0.4, 0.5) is 31.1 Å². The average molecular weight is 686 g/mol. The van der Waals surface area contributed by atoms with E-state index in [1.807, 2.05) is 11.1 Å². The van der Waals surface area contributed by atoms with Gasteiger partial charge in [0.05, 0.1) is 22.7 Å². The fourth-order valence-electron chi connectivity index (χ4n) is 6.41. The SMILES string of the molecule is CC(C)(C)OC(=O)n1cc(C[C@@H]2CN3C=C(c4ncccn4)CC[C@@H]3CN2C(=O)c2cc(C(F)(F)F)cc(C(F)(F)F)c2)c2ccccc21. The van der Waals surface area contributed by atoms with E-state index in [1.54, 1.807) is 69.7 Å². The molecule has 258 valence electrons. The molecular formula is C35H33F6N5O3. The summed E-state index contributed by atoms with van der Waals surface area (Å²) in [6, 6.07) is 8.76. The number of rotatable bonds is 4. The minimum atomic E-state index is -5.11. The van der Waals surface area contributed by atoms with Gasteiger partial charge in [-0.05, 0) is 75.9 Å². The van der Waals surface area contributed by atoms with E-state index in [4.69, 9.17) is 4.74 Å². The zero-order chi connectivity index (χ0) is 35.3. The van der Waals surface area contributed by atoms with Crippen molar-refractivity contribution in [3.05, 3.63) is 101 Å². The van der Waals surface area contributed by atoms with Crippen LogP contribution in [0.2, 0.25) is 0 Å². The molecule has 14 heteroatoms. The number of halogens is 6. The average Bonchev–Trinajstić information content (AvgIpc) is 3.41. The lowest BCUT2D eigenvalue weighted by Crippen LogP contribution is -2.59. The highest BCUT2D eigenvalue weighted by molar-refractivity contribution is 5.95. The van der Waals surface area contributed by atoms with Crippen LogP contribution in [0.25, 0.3) is 16.5 Å². The third-order valence-electron chi connectivity index (χ3n) is 8.60. The number of piperazine rings is 1. The quantitative estimate of drug-likeness (QED) is 0.204. The first-order valence-corrected chi connectivity index (χ1v) is 15.6. The highest BCUT2D eigenvalue weighted by Crippen LogP contribution is 2.38. The maximum absolute atomic E-state index is 14.1. The smallest absolute Gasteiger partial charge is 0.419 e. The highest BCUT2D eigenvalue weighted by atomic mass is 19.4. The first-order valence-electron chi connectivity index (χ1n) is 15.6. The fraction of sp³-hybridized carbons (Fsp3) is 0.371. The van der Waals surface area contributed by atoms with Crippen molar-refractivity contribution >= 4 is 28.5 Å². The van der Waals surface area contributed by atoms with Crippen LogP contribution in [0.15, 0.2) is 73.3 Å². The second-order valence-electron chi connectivity index (χ2n) is 13.2. The van der Waals surface area contributed by atoms with Crippen molar-refractivity contribution in [3.63, 3.8) is 0 Å². The lowest BCUT2D eigenvalue weighted by molar-refractivity contribution is -0.143. The Bertz CT molecular complexity index is 1880. The molecule has 0 aliphatic carbocycles. The number of nitrogens with zero attached hydrogens (tertiary/aromatic N) is 5. The molecule has 1 saturated heterocycles. The van der Waals surface area contributed by atoms with Crippen LogP contribution in [0.5, 0.6) is 0 Å². The molecule has 1 amide bonds. The van der Waals surface area contributed by atoms with Gasteiger partial charge in [0, 0.05) is 60.4 Å². The predicted octanol–water partition coefficient (Wildman–Crippen LogP) is 7.82. The highest BCUT2D eigenvalue weighted by Gasteiger charge is 2.41. The van der Waals surface area contributed by atoms with Crippen molar-refractivity contribution in [2.75, 3.05) is 13.1 Å². The van der Waals surface area contributed by atoms with Gasteiger partial charge in [-0.25, -0.2) is 14.8 Å². The molecule has 0 bridgehead atoms. The Balaban J connectivity index is 1.41. The van der Waals surface area contributed by atoms with Gasteiger partial charge in [-0.15, -0.1) is 0 Å². The fourth-order valence-corrected chi connectivity index (χ4v) is 6.41. The van der Waals surface area contributed by atoms with Crippen LogP contribution >= 0.6 is 0 Å². The molecule has 4 aromatic rings. The maximum atomic E-state index is 14.1. The number of carbonyl (C=O) groups is 2. The number of carbonyl (C=O) groups excluding carboxylic acids is 2. The predicted molar refractivity (Wildman–Crippen MR) is 168 cm³/mol. The Morgan fingerprint density at radius 3 is 2.18 bits per heavy atom. The van der Waals surface area contributed by atoms with Gasteiger partial charge >= 0.3 is 18.4 Å². The molecule has 2 aliphatic rings. The summed E-state index contributed by atoms with van der Waals surface area (Å²) < 4.78 is 89.6. The van der Waals surface area contributed by atoms with Crippen molar-refractivity contribution in [2.24, 2.45) is 0 Å². The number of alkyl halides is 6. The van der Waals surface area contributed by atoms with Gasteiger partial charge in [0.15, 0.2) is 5.82 Å². The van der Waals surface area contributed by atoms with Crippen LogP contribution in [-0.4, -0.2) is 67.1 Å². The van der Waals surface area contributed by atoms with Crippen molar-refractivity contribution < 1.29 is 40.7 Å². The van der Waals surface area contributed by atoms with E-state index < -0.39 is 52.7 Å². The number of hydrogen-bond acceptors (Lipinski definition) is 6. The topological polar surface area (TPSA) is 80.6 Å². The summed E-state index contributed by atoms with van der Waals surface area (Å²) in [5.41, 5.74) is -2.55. The Morgan fingerprint density at radius 2 is 1.55 bits per heavy atom. The molecule has 2 aromatic heterocycles. The van der Waals surface area contributed by atoms with Gasteiger partial charge in [-0.2, -0.15) is 26.3 Å². The first kappa shape index (κ1) is 34.0. The molecule has 6 rings (SSSR count). The molecule has 0 saturated carbocycles. The Labute approximate surface area is 278 Å². The number of ether oxygens (including phenoxy) is 1. The number of amides is 1. The van der Waals surface area contributed by atoms with E-state index in [-0.39, 0.29) is 31.6 Å². The largest absolute Gasteiger partial charge is 0.443 e. The minimum absolute atomic E-state index is 0.0108. The lowest BCUT2D eigenvalue weighted by Gasteiger charge is -2.48. The first-order chi connectivity index (χ1) is 23.0. The van der Waals surface area contributed by atoms with E-state index in [1.165, 1.54) is 9.47 Å².